The zero-order valence-electron chi connectivity index (χ0n) is 16.5. The molecule has 1 aliphatic rings. The number of aromatic hydroxyl groups is 2. The van der Waals surface area contributed by atoms with Crippen molar-refractivity contribution >= 4 is 21.7 Å². The molecule has 1 saturated carbocycles. The van der Waals surface area contributed by atoms with Gasteiger partial charge in [0.15, 0.2) is 18.0 Å². The molecule has 4 aromatic rings. The van der Waals surface area contributed by atoms with Crippen LogP contribution >= 0.6 is 0 Å². The van der Waals surface area contributed by atoms with E-state index >= 15 is 0 Å². The second-order valence-corrected chi connectivity index (χ2v) is 8.03. The molecular formula is C25H26N2O2+2. The summed E-state index contributed by atoms with van der Waals surface area (Å²) in [5.41, 5.74) is 1.98. The van der Waals surface area contributed by atoms with Crippen LogP contribution in [0.3, 0.4) is 0 Å². The number of rotatable bonds is 3. The Hall–Kier alpha value is -3.14. The van der Waals surface area contributed by atoms with Gasteiger partial charge in [0.25, 0.3) is 0 Å². The Morgan fingerprint density at radius 3 is 2.28 bits per heavy atom. The number of fused-ring (bicyclic) bond motifs is 2. The maximum atomic E-state index is 11.3. The van der Waals surface area contributed by atoms with Crippen LogP contribution in [0.2, 0.25) is 0 Å². The monoisotopic (exact) mass is 386 g/mol. The molecule has 0 radical (unpaired) electrons. The minimum atomic E-state index is 0.126. The first-order valence-electron chi connectivity index (χ1n) is 10.5. The van der Waals surface area contributed by atoms with Crippen LogP contribution in [0.25, 0.3) is 21.7 Å². The van der Waals surface area contributed by atoms with Crippen molar-refractivity contribution in [3.63, 3.8) is 0 Å². The van der Waals surface area contributed by atoms with Gasteiger partial charge in [0.1, 0.15) is 0 Å². The van der Waals surface area contributed by atoms with Crippen molar-refractivity contribution < 1.29 is 19.3 Å². The maximum Gasteiger partial charge on any atom is 0.632 e. The van der Waals surface area contributed by atoms with E-state index in [0.29, 0.717) is 6.54 Å². The maximum absolute atomic E-state index is 11.3. The van der Waals surface area contributed by atoms with E-state index in [2.05, 4.69) is 30.3 Å². The number of benzene rings is 3. The third kappa shape index (κ3) is 3.09. The van der Waals surface area contributed by atoms with Gasteiger partial charge in [0, 0.05) is 24.5 Å². The fourth-order valence-corrected chi connectivity index (χ4v) is 4.79. The Morgan fingerprint density at radius 2 is 1.45 bits per heavy atom. The van der Waals surface area contributed by atoms with Crippen molar-refractivity contribution in [2.24, 2.45) is 0 Å². The standard InChI is InChI=1S/C25H24N2O2/c28-24-22-15-6-7-16-23(22)26(25(29)27(24)20-12-2-1-3-13-20)17-19-11-8-10-18-9-4-5-14-21(18)19/h4-11,14-16,20H,1-3,12-13,17H2/p+2. The van der Waals surface area contributed by atoms with Gasteiger partial charge in [0.2, 0.25) is 5.52 Å². The van der Waals surface area contributed by atoms with Crippen LogP contribution in [0.4, 0.5) is 0 Å². The summed E-state index contributed by atoms with van der Waals surface area (Å²) in [5, 5.41) is 25.5. The Balaban J connectivity index is 1.72. The van der Waals surface area contributed by atoms with E-state index in [1.807, 2.05) is 41.0 Å². The molecule has 0 bridgehead atoms. The molecule has 1 aromatic heterocycles. The van der Waals surface area contributed by atoms with E-state index in [1.54, 1.807) is 4.57 Å². The second-order valence-electron chi connectivity index (χ2n) is 8.03. The number of aromatic nitrogens is 2. The summed E-state index contributed by atoms with van der Waals surface area (Å²) in [6.07, 6.45) is 5.46. The van der Waals surface area contributed by atoms with E-state index in [4.69, 9.17) is 0 Å². The summed E-state index contributed by atoms with van der Waals surface area (Å²) >= 11 is 0. The van der Waals surface area contributed by atoms with E-state index in [0.717, 1.165) is 42.1 Å². The SMILES string of the molecule is Oc1c2ccccc2[n+](Cc2cccc3ccccc23)c(O)[n+]1C1CCCCC1. The first-order chi connectivity index (χ1) is 14.2. The largest absolute Gasteiger partial charge is 0.632 e. The lowest BCUT2D eigenvalue weighted by Crippen LogP contribution is -2.51. The Kier molecular flexibility index (Phi) is 4.55. The molecule has 0 saturated heterocycles. The number of hydrogen-bond acceptors (Lipinski definition) is 2. The highest BCUT2D eigenvalue weighted by Crippen LogP contribution is 2.30. The van der Waals surface area contributed by atoms with Gasteiger partial charge >= 0.3 is 11.9 Å². The topological polar surface area (TPSA) is 48.2 Å². The predicted octanol–water partition coefficient (Wildman–Crippen LogP) is 4.53. The zero-order valence-corrected chi connectivity index (χ0v) is 16.5. The van der Waals surface area contributed by atoms with Gasteiger partial charge in [-0.05, 0) is 29.7 Å². The van der Waals surface area contributed by atoms with Crippen molar-refractivity contribution in [3.05, 3.63) is 72.3 Å². The fraction of sp³-hybridized carbons (Fsp3) is 0.280. The van der Waals surface area contributed by atoms with Gasteiger partial charge in [-0.1, -0.05) is 70.2 Å². The van der Waals surface area contributed by atoms with Crippen LogP contribution in [0.15, 0.2) is 66.7 Å². The lowest BCUT2D eigenvalue weighted by Gasteiger charge is -2.17. The van der Waals surface area contributed by atoms with Crippen LogP contribution in [-0.2, 0) is 6.54 Å². The first kappa shape index (κ1) is 17.9. The van der Waals surface area contributed by atoms with Gasteiger partial charge in [-0.15, -0.1) is 0 Å². The minimum absolute atomic E-state index is 0.126. The van der Waals surface area contributed by atoms with Crippen molar-refractivity contribution in [2.75, 3.05) is 0 Å². The summed E-state index contributed by atoms with van der Waals surface area (Å²) in [7, 11) is 0. The van der Waals surface area contributed by atoms with E-state index in [-0.39, 0.29) is 17.9 Å². The minimum Gasteiger partial charge on any atom is -0.459 e. The van der Waals surface area contributed by atoms with Gasteiger partial charge in [-0.3, -0.25) is 0 Å². The van der Waals surface area contributed by atoms with Crippen molar-refractivity contribution in [1.82, 2.24) is 0 Å². The molecule has 0 atom stereocenters. The third-order valence-corrected chi connectivity index (χ3v) is 6.27. The van der Waals surface area contributed by atoms with Crippen LogP contribution in [0.1, 0.15) is 43.7 Å². The Morgan fingerprint density at radius 1 is 0.759 bits per heavy atom. The van der Waals surface area contributed by atoms with Crippen LogP contribution < -0.4 is 9.13 Å². The normalized spacial score (nSPS) is 15.2. The summed E-state index contributed by atoms with van der Waals surface area (Å²) in [5.74, 6) is 0.166. The second kappa shape index (κ2) is 7.36. The quantitative estimate of drug-likeness (QED) is 0.508. The van der Waals surface area contributed by atoms with E-state index in [1.165, 1.54) is 17.2 Å². The molecule has 4 nitrogen and oxygen atoms in total. The number of hydrogen-bond donors (Lipinski definition) is 2. The molecule has 0 amide bonds. The molecule has 3 aromatic carbocycles. The van der Waals surface area contributed by atoms with Gasteiger partial charge in [-0.25, -0.2) is 0 Å². The van der Waals surface area contributed by atoms with E-state index in [9.17, 15) is 10.2 Å². The molecular weight excluding hydrogens is 360 g/mol. The molecule has 5 rings (SSSR count). The molecule has 1 heterocycles. The Labute approximate surface area is 170 Å². The highest BCUT2D eigenvalue weighted by Gasteiger charge is 2.39. The van der Waals surface area contributed by atoms with Gasteiger partial charge < -0.3 is 10.2 Å². The zero-order chi connectivity index (χ0) is 19.8. The Bertz CT molecular complexity index is 1190. The smallest absolute Gasteiger partial charge is 0.459 e. The molecule has 4 heteroatoms. The third-order valence-electron chi connectivity index (χ3n) is 6.27. The first-order valence-corrected chi connectivity index (χ1v) is 10.5. The van der Waals surface area contributed by atoms with Crippen molar-refractivity contribution in [3.8, 4) is 11.9 Å². The average molecular weight is 386 g/mol. The molecule has 1 aliphatic carbocycles. The number of para-hydroxylation sites is 1. The molecule has 0 unspecified atom stereocenters. The van der Waals surface area contributed by atoms with Gasteiger partial charge in [-0.2, -0.15) is 0 Å². The highest BCUT2D eigenvalue weighted by molar-refractivity contribution is 5.85. The summed E-state index contributed by atoms with van der Waals surface area (Å²) in [6, 6.07) is 22.7. The summed E-state index contributed by atoms with van der Waals surface area (Å²) < 4.78 is 3.69. The molecule has 29 heavy (non-hydrogen) atoms. The molecule has 146 valence electrons. The van der Waals surface area contributed by atoms with Crippen LogP contribution in [0, 0.1) is 0 Å². The highest BCUT2D eigenvalue weighted by atomic mass is 16.3. The lowest BCUT2D eigenvalue weighted by molar-refractivity contribution is -0.832. The fourth-order valence-electron chi connectivity index (χ4n) is 4.79. The number of nitrogens with zero attached hydrogens (tertiary/aromatic N) is 2. The van der Waals surface area contributed by atoms with Crippen LogP contribution in [0.5, 0.6) is 11.9 Å². The van der Waals surface area contributed by atoms with Crippen molar-refractivity contribution in [2.45, 2.75) is 44.7 Å². The predicted molar refractivity (Wildman–Crippen MR) is 113 cm³/mol. The van der Waals surface area contributed by atoms with Gasteiger partial charge in [0.05, 0.1) is 0 Å². The molecule has 0 aliphatic heterocycles. The molecule has 1 fully saturated rings. The van der Waals surface area contributed by atoms with E-state index < -0.39 is 0 Å². The molecule has 0 spiro atoms. The van der Waals surface area contributed by atoms with Crippen LogP contribution in [-0.4, -0.2) is 10.2 Å². The summed E-state index contributed by atoms with van der Waals surface area (Å²) in [4.78, 5) is 0. The summed E-state index contributed by atoms with van der Waals surface area (Å²) in [6.45, 7) is 0.542. The molecule has 2 N–H and O–H groups in total. The lowest BCUT2D eigenvalue weighted by atomic mass is 9.95. The van der Waals surface area contributed by atoms with Crippen molar-refractivity contribution in [1.29, 1.82) is 0 Å². The average Bonchev–Trinajstić information content (AvgIpc) is 2.77.